The fourth-order valence-electron chi connectivity index (χ4n) is 5.42. The highest BCUT2D eigenvalue weighted by Crippen LogP contribution is 2.49. The molecule has 0 unspecified atom stereocenters. The predicted octanol–water partition coefficient (Wildman–Crippen LogP) is 5.71. The van der Waals surface area contributed by atoms with E-state index in [1.54, 1.807) is 35.5 Å². The maximum absolute atomic E-state index is 14.0. The molecule has 1 heterocycles. The van der Waals surface area contributed by atoms with Crippen molar-refractivity contribution < 1.29 is 28.5 Å². The number of hydrogen-bond donors (Lipinski definition) is 2. The molecule has 1 aliphatic carbocycles. The highest BCUT2D eigenvalue weighted by Gasteiger charge is 2.38. The molecule has 3 aromatic carbocycles. The van der Waals surface area contributed by atoms with Crippen LogP contribution in [-0.4, -0.2) is 41.3 Å². The number of benzene rings is 3. The smallest absolute Gasteiger partial charge is 0.203 e. The Balaban J connectivity index is 1.64. The number of ketones is 1. The first-order chi connectivity index (χ1) is 18.5. The van der Waals surface area contributed by atoms with Crippen molar-refractivity contribution in [3.8, 4) is 28.7 Å². The molecule has 2 atom stereocenters. The highest BCUT2D eigenvalue weighted by atomic mass is 16.5. The summed E-state index contributed by atoms with van der Waals surface area (Å²) in [6, 6.07) is 17.1. The van der Waals surface area contributed by atoms with Crippen molar-refractivity contribution in [1.29, 1.82) is 0 Å². The molecule has 1 aliphatic heterocycles. The second-order valence-electron chi connectivity index (χ2n) is 9.21. The molecule has 0 saturated carbocycles. The van der Waals surface area contributed by atoms with Gasteiger partial charge >= 0.3 is 0 Å². The van der Waals surface area contributed by atoms with Crippen molar-refractivity contribution in [2.75, 3.05) is 46.2 Å². The van der Waals surface area contributed by atoms with E-state index < -0.39 is 6.04 Å². The zero-order valence-electron chi connectivity index (χ0n) is 22.2. The SMILES string of the molecule is COc1ccc([C@@H]2CC(=O)C3=C(C2)Nc2ccccc2N[C@@H]3c2ccc(OC)c(OC)c2OC)cc1OC. The van der Waals surface area contributed by atoms with Gasteiger partial charge in [0.15, 0.2) is 28.8 Å². The lowest BCUT2D eigenvalue weighted by Crippen LogP contribution is -2.27. The van der Waals surface area contributed by atoms with Gasteiger partial charge in [0.2, 0.25) is 5.75 Å². The number of nitrogens with one attached hydrogen (secondary N) is 2. The van der Waals surface area contributed by atoms with E-state index in [4.69, 9.17) is 23.7 Å². The van der Waals surface area contributed by atoms with Gasteiger partial charge in [0, 0.05) is 23.3 Å². The maximum atomic E-state index is 14.0. The largest absolute Gasteiger partial charge is 0.493 e. The van der Waals surface area contributed by atoms with Gasteiger partial charge < -0.3 is 34.3 Å². The van der Waals surface area contributed by atoms with Crippen LogP contribution in [0, 0.1) is 0 Å². The summed E-state index contributed by atoms with van der Waals surface area (Å²) in [4.78, 5) is 14.0. The van der Waals surface area contributed by atoms with Gasteiger partial charge in [-0.15, -0.1) is 0 Å². The van der Waals surface area contributed by atoms with Crippen LogP contribution in [0.4, 0.5) is 11.4 Å². The van der Waals surface area contributed by atoms with Gasteiger partial charge in [-0.3, -0.25) is 4.79 Å². The monoisotopic (exact) mass is 516 g/mol. The summed E-state index contributed by atoms with van der Waals surface area (Å²) in [5, 5.41) is 7.18. The molecule has 198 valence electrons. The van der Waals surface area contributed by atoms with Crippen LogP contribution in [0.25, 0.3) is 0 Å². The van der Waals surface area contributed by atoms with E-state index in [1.165, 1.54) is 0 Å². The summed E-state index contributed by atoms with van der Waals surface area (Å²) in [6.07, 6.45) is 1.01. The Bertz CT molecular complexity index is 1400. The highest BCUT2D eigenvalue weighted by molar-refractivity contribution is 6.01. The molecule has 0 fully saturated rings. The third-order valence-electron chi connectivity index (χ3n) is 7.23. The molecule has 0 spiro atoms. The van der Waals surface area contributed by atoms with Crippen LogP contribution in [0.1, 0.15) is 35.9 Å². The van der Waals surface area contributed by atoms with Gasteiger partial charge in [0.05, 0.1) is 53.0 Å². The van der Waals surface area contributed by atoms with E-state index in [-0.39, 0.29) is 11.7 Å². The van der Waals surface area contributed by atoms with Crippen molar-refractivity contribution in [1.82, 2.24) is 0 Å². The fourth-order valence-corrected chi connectivity index (χ4v) is 5.42. The number of anilines is 2. The number of fused-ring (bicyclic) bond motifs is 1. The van der Waals surface area contributed by atoms with Gasteiger partial charge in [-0.05, 0) is 54.3 Å². The molecule has 8 nitrogen and oxygen atoms in total. The summed E-state index contributed by atoms with van der Waals surface area (Å²) >= 11 is 0. The normalized spacial score (nSPS) is 18.3. The molecular formula is C30H32N2O6. The van der Waals surface area contributed by atoms with E-state index in [1.807, 2.05) is 54.6 Å². The summed E-state index contributed by atoms with van der Waals surface area (Å²) in [5.74, 6) is 2.89. The number of carbonyl (C=O) groups is 1. The molecule has 3 aromatic rings. The topological polar surface area (TPSA) is 87.3 Å². The molecule has 38 heavy (non-hydrogen) atoms. The molecule has 0 radical (unpaired) electrons. The van der Waals surface area contributed by atoms with E-state index in [0.29, 0.717) is 47.2 Å². The summed E-state index contributed by atoms with van der Waals surface area (Å²) in [5.41, 5.74) is 5.16. The minimum Gasteiger partial charge on any atom is -0.493 e. The summed E-state index contributed by atoms with van der Waals surface area (Å²) in [6.45, 7) is 0. The van der Waals surface area contributed by atoms with Crippen molar-refractivity contribution in [2.24, 2.45) is 0 Å². The quantitative estimate of drug-likeness (QED) is 0.413. The molecular weight excluding hydrogens is 484 g/mol. The average Bonchev–Trinajstić information content (AvgIpc) is 3.12. The first kappa shape index (κ1) is 25.3. The van der Waals surface area contributed by atoms with E-state index in [2.05, 4.69) is 10.6 Å². The average molecular weight is 517 g/mol. The number of Topliss-reactive ketones (excluding diaryl/α,β-unsaturated/α-hetero) is 1. The molecule has 8 heteroatoms. The lowest BCUT2D eigenvalue weighted by Gasteiger charge is -2.31. The first-order valence-electron chi connectivity index (χ1n) is 12.4. The van der Waals surface area contributed by atoms with Crippen molar-refractivity contribution in [3.63, 3.8) is 0 Å². The predicted molar refractivity (Wildman–Crippen MR) is 146 cm³/mol. The Kier molecular flexibility index (Phi) is 7.05. The zero-order chi connectivity index (χ0) is 26.8. The fraction of sp³-hybridized carbons (Fsp3) is 0.300. The van der Waals surface area contributed by atoms with Crippen molar-refractivity contribution in [2.45, 2.75) is 24.8 Å². The third-order valence-corrected chi connectivity index (χ3v) is 7.23. The van der Waals surface area contributed by atoms with E-state index in [0.717, 1.165) is 28.2 Å². The Hall–Kier alpha value is -4.33. The van der Waals surface area contributed by atoms with E-state index >= 15 is 0 Å². The second kappa shape index (κ2) is 10.6. The molecule has 0 amide bonds. The molecule has 2 aliphatic rings. The van der Waals surface area contributed by atoms with Gasteiger partial charge in [-0.1, -0.05) is 18.2 Å². The number of hydrogen-bond acceptors (Lipinski definition) is 8. The van der Waals surface area contributed by atoms with Crippen molar-refractivity contribution in [3.05, 3.63) is 77.0 Å². The van der Waals surface area contributed by atoms with Crippen LogP contribution >= 0.6 is 0 Å². The lowest BCUT2D eigenvalue weighted by molar-refractivity contribution is -0.116. The summed E-state index contributed by atoms with van der Waals surface area (Å²) in [7, 11) is 7.98. The van der Waals surface area contributed by atoms with Crippen LogP contribution in [0.15, 0.2) is 65.9 Å². The Labute approximate surface area is 222 Å². The minimum atomic E-state index is -0.463. The molecule has 0 aromatic heterocycles. The van der Waals surface area contributed by atoms with Crippen LogP contribution < -0.4 is 34.3 Å². The second-order valence-corrected chi connectivity index (χ2v) is 9.21. The number of rotatable bonds is 7. The number of para-hydroxylation sites is 2. The lowest BCUT2D eigenvalue weighted by atomic mass is 9.78. The molecule has 2 N–H and O–H groups in total. The van der Waals surface area contributed by atoms with Gasteiger partial charge in [0.1, 0.15) is 0 Å². The Morgan fingerprint density at radius 1 is 0.711 bits per heavy atom. The van der Waals surface area contributed by atoms with Crippen LogP contribution in [0.3, 0.4) is 0 Å². The van der Waals surface area contributed by atoms with Gasteiger partial charge in [-0.25, -0.2) is 0 Å². The maximum Gasteiger partial charge on any atom is 0.203 e. The first-order valence-corrected chi connectivity index (χ1v) is 12.4. The van der Waals surface area contributed by atoms with Crippen LogP contribution in [0.5, 0.6) is 28.7 Å². The zero-order valence-corrected chi connectivity index (χ0v) is 22.2. The minimum absolute atomic E-state index is 0.0215. The van der Waals surface area contributed by atoms with E-state index in [9.17, 15) is 4.79 Å². The Morgan fingerprint density at radius 3 is 2.08 bits per heavy atom. The summed E-state index contributed by atoms with van der Waals surface area (Å²) < 4.78 is 27.9. The molecule has 5 rings (SSSR count). The number of methoxy groups -OCH3 is 5. The van der Waals surface area contributed by atoms with Gasteiger partial charge in [-0.2, -0.15) is 0 Å². The van der Waals surface area contributed by atoms with Crippen LogP contribution in [-0.2, 0) is 4.79 Å². The molecule has 0 bridgehead atoms. The van der Waals surface area contributed by atoms with Crippen LogP contribution in [0.2, 0.25) is 0 Å². The standard InChI is InChI=1S/C30H32N2O6/c1-34-24-12-10-17(16-26(24)36-3)18-14-22-27(23(33)15-18)28(32-21-9-7-6-8-20(21)31-22)19-11-13-25(35-2)30(38-5)29(19)37-4/h6-13,16,18,28,31-32H,14-15H2,1-5H3/t18-,28+/m0/s1. The molecule has 0 saturated heterocycles. The number of carbonyl (C=O) groups excluding carboxylic acids is 1. The number of allylic oxidation sites excluding steroid dienone is 1. The number of ether oxygens (including phenoxy) is 5. The Morgan fingerprint density at radius 2 is 1.39 bits per heavy atom. The third kappa shape index (κ3) is 4.36. The van der Waals surface area contributed by atoms with Gasteiger partial charge in [0.25, 0.3) is 0 Å². The van der Waals surface area contributed by atoms with Crippen molar-refractivity contribution >= 4 is 17.2 Å².